The Balaban J connectivity index is 0.00000160. The molecule has 50 heavy (non-hydrogen) atoms. The van der Waals surface area contributed by atoms with Gasteiger partial charge in [-0.1, -0.05) is 6.07 Å². The lowest BCUT2D eigenvalue weighted by Crippen LogP contribution is -2.02. The molecule has 4 rings (SSSR count). The molecule has 0 unspecified atom stereocenters. The predicted molar refractivity (Wildman–Crippen MR) is 165 cm³/mol. The highest BCUT2D eigenvalue weighted by atomic mass is 32.2. The van der Waals surface area contributed by atoms with E-state index >= 15 is 0 Å². The van der Waals surface area contributed by atoms with Crippen molar-refractivity contribution in [1.29, 1.82) is 0 Å². The molecule has 0 fully saturated rings. The molecule has 0 aliphatic heterocycles. The number of rotatable bonds is 10. The molecule has 25 heteroatoms. The van der Waals surface area contributed by atoms with Crippen molar-refractivity contribution in [1.82, 2.24) is 0 Å². The number of azo groups is 2. The van der Waals surface area contributed by atoms with Gasteiger partial charge >= 0.3 is 16.6 Å². The molecule has 0 saturated heterocycles. The van der Waals surface area contributed by atoms with Crippen molar-refractivity contribution in [3.63, 3.8) is 0 Å². The van der Waals surface area contributed by atoms with E-state index in [1.807, 2.05) is 0 Å². The van der Waals surface area contributed by atoms with Crippen LogP contribution in [0.3, 0.4) is 0 Å². The summed E-state index contributed by atoms with van der Waals surface area (Å²) in [4.78, 5) is 19.9. The number of methoxy groups -OCH3 is 2. The molecule has 22 nitrogen and oxygen atoms in total. The summed E-state index contributed by atoms with van der Waals surface area (Å²) in [5, 5.41) is 56.5. The summed E-state index contributed by atoms with van der Waals surface area (Å²) in [6, 6.07) is 7.72. The summed E-state index contributed by atoms with van der Waals surface area (Å²) in [5.74, 6) is -3.83. The first-order chi connectivity index (χ1) is 23.2. The van der Waals surface area contributed by atoms with Gasteiger partial charge in [0.2, 0.25) is 0 Å². The Morgan fingerprint density at radius 1 is 0.800 bits per heavy atom. The average Bonchev–Trinajstić information content (AvgIpc) is 3.01. The van der Waals surface area contributed by atoms with E-state index < -0.39 is 96.7 Å². The second kappa shape index (κ2) is 15.0. The van der Waals surface area contributed by atoms with Crippen LogP contribution >= 0.6 is 0 Å². The summed E-state index contributed by atoms with van der Waals surface area (Å²) >= 11 is 0. The van der Waals surface area contributed by atoms with Crippen molar-refractivity contribution >= 4 is 76.0 Å². The number of carboxylic acids is 1. The molecule has 0 bridgehead atoms. The van der Waals surface area contributed by atoms with Gasteiger partial charge in [-0.05, 0) is 29.7 Å². The molecule has 4 aromatic carbocycles. The van der Waals surface area contributed by atoms with E-state index in [4.69, 9.17) is 22.1 Å². The van der Waals surface area contributed by atoms with E-state index in [0.717, 1.165) is 49.6 Å². The van der Waals surface area contributed by atoms with Crippen LogP contribution in [0.1, 0.15) is 10.4 Å². The number of aromatic hydroxyl groups is 2. The average molecular weight is 758 g/mol. The molecule has 5 N–H and O–H groups in total. The monoisotopic (exact) mass is 757 g/mol. The van der Waals surface area contributed by atoms with Gasteiger partial charge in [-0.15, -0.1) is 28.0 Å². The number of ether oxygens (including phenoxy) is 2. The lowest BCUT2D eigenvalue weighted by molar-refractivity contribution is -0.385. The van der Waals surface area contributed by atoms with E-state index in [-0.39, 0.29) is 22.6 Å². The molecule has 0 amide bonds. The van der Waals surface area contributed by atoms with E-state index in [1.165, 1.54) is 13.2 Å². The Kier molecular flexibility index (Phi) is 11.5. The number of carbonyl (C=O) groups is 1. The topological polar surface area (TPSA) is 349 Å². The maximum atomic E-state index is 12.2. The Labute approximate surface area is 280 Å². The zero-order chi connectivity index (χ0) is 37.7. The predicted octanol–water partition coefficient (Wildman–Crippen LogP) is 4.19. The molecular weight excluding hydrogens is 738 g/mol. The van der Waals surface area contributed by atoms with Gasteiger partial charge in [0.1, 0.15) is 38.2 Å². The van der Waals surface area contributed by atoms with Gasteiger partial charge in [0.15, 0.2) is 17.2 Å². The van der Waals surface area contributed by atoms with Crippen molar-refractivity contribution < 1.29 is 73.1 Å². The molecule has 0 aromatic heterocycles. The standard InChI is InChI=1S/C25H19N5O14S2.O3S/c1-43-13-9-17(44-2)21(19(10-13)46(40,41)42)28-27-15-5-3-11-7-18(45(37,38)39)22(24(32)20(11)23(15)31)29-26-12-4-6-16(30(35)36)14(8-12)25(33)34;1-4(2)3/h3-10,31-32H,1-2H3,(H,33,34)(H,37,38,39)(H,40,41,42);. The van der Waals surface area contributed by atoms with Crippen LogP contribution in [-0.2, 0) is 30.8 Å². The number of nitrogens with zero attached hydrogens (tertiary/aromatic N) is 5. The summed E-state index contributed by atoms with van der Waals surface area (Å²) in [5.41, 5.74) is -3.75. The first-order valence-corrected chi connectivity index (χ1v) is 16.4. The molecule has 0 spiro atoms. The van der Waals surface area contributed by atoms with Crippen LogP contribution in [0.4, 0.5) is 28.4 Å². The van der Waals surface area contributed by atoms with Crippen LogP contribution < -0.4 is 9.47 Å². The number of nitro groups is 1. The van der Waals surface area contributed by atoms with Crippen LogP contribution in [0.2, 0.25) is 0 Å². The number of phenols is 2. The van der Waals surface area contributed by atoms with Crippen molar-refractivity contribution in [3.05, 3.63) is 64.2 Å². The normalized spacial score (nSPS) is 11.7. The summed E-state index contributed by atoms with van der Waals surface area (Å²) in [6.07, 6.45) is 0. The highest BCUT2D eigenvalue weighted by molar-refractivity contribution is 7.86. The smallest absolute Gasteiger partial charge is 0.425 e. The summed E-state index contributed by atoms with van der Waals surface area (Å²) in [6.45, 7) is 0. The Bertz CT molecular complexity index is 2440. The van der Waals surface area contributed by atoms with E-state index in [1.54, 1.807) is 0 Å². The molecule has 0 heterocycles. The maximum absolute atomic E-state index is 12.2. The number of carboxylic acid groups (broad SMARTS) is 1. The molecule has 264 valence electrons. The second-order valence-corrected chi connectivity index (χ2v) is 12.3. The number of hydrogen-bond donors (Lipinski definition) is 5. The lowest BCUT2D eigenvalue weighted by atomic mass is 10.1. The Morgan fingerprint density at radius 2 is 1.38 bits per heavy atom. The fourth-order valence-electron chi connectivity index (χ4n) is 4.04. The number of hydrogen-bond acceptors (Lipinski definition) is 18. The van der Waals surface area contributed by atoms with E-state index in [9.17, 15) is 56.2 Å². The quantitative estimate of drug-likeness (QED) is 0.0654. The fraction of sp³-hybridized carbons (Fsp3) is 0.0800. The fourth-order valence-corrected chi connectivity index (χ4v) is 5.35. The third kappa shape index (κ3) is 8.65. The minimum atomic E-state index is -5.12. The minimum absolute atomic E-state index is 0.0221. The second-order valence-electron chi connectivity index (χ2n) is 9.10. The molecule has 4 aromatic rings. The van der Waals surface area contributed by atoms with Gasteiger partial charge in [-0.3, -0.25) is 19.2 Å². The highest BCUT2D eigenvalue weighted by Gasteiger charge is 2.26. The molecule has 0 saturated carbocycles. The van der Waals surface area contributed by atoms with Crippen molar-refractivity contribution in [2.75, 3.05) is 14.2 Å². The van der Waals surface area contributed by atoms with Crippen LogP contribution in [0.25, 0.3) is 10.8 Å². The number of benzene rings is 4. The number of fused-ring (bicyclic) bond motifs is 1. The SMILES string of the molecule is COc1cc(OC)c(N=Nc2ccc3cc(S(=O)(=O)O)c(N=Nc4ccc([N+](=O)[O-])c(C(=O)O)c4)c(O)c3c2O)c(S(=O)(=O)O)c1.O=S(=O)=O. The third-order valence-corrected chi connectivity index (χ3v) is 7.86. The molecule has 0 aliphatic rings. The van der Waals surface area contributed by atoms with Crippen LogP contribution in [-0.4, -0.2) is 79.0 Å². The lowest BCUT2D eigenvalue weighted by Gasteiger charge is -2.12. The van der Waals surface area contributed by atoms with E-state index in [2.05, 4.69) is 20.5 Å². The summed E-state index contributed by atoms with van der Waals surface area (Å²) < 4.78 is 103. The molecular formula is C25H19N5O17S3. The largest absolute Gasteiger partial charge is 0.505 e. The van der Waals surface area contributed by atoms with Crippen molar-refractivity contribution in [2.24, 2.45) is 20.5 Å². The van der Waals surface area contributed by atoms with Gasteiger partial charge in [-0.25, -0.2) is 4.79 Å². The molecule has 0 atom stereocenters. The van der Waals surface area contributed by atoms with Gasteiger partial charge in [0, 0.05) is 18.2 Å². The molecule has 0 radical (unpaired) electrons. The Hall–Kier alpha value is -6.15. The Morgan fingerprint density at radius 3 is 1.90 bits per heavy atom. The van der Waals surface area contributed by atoms with Gasteiger partial charge in [0.25, 0.3) is 25.9 Å². The number of nitro benzene ring substituents is 1. The van der Waals surface area contributed by atoms with Crippen LogP contribution in [0.15, 0.2) is 78.8 Å². The maximum Gasteiger partial charge on any atom is 0.425 e. The molecule has 0 aliphatic carbocycles. The van der Waals surface area contributed by atoms with Gasteiger partial charge < -0.3 is 24.8 Å². The zero-order valence-corrected chi connectivity index (χ0v) is 27.2. The number of phenolic OH excluding ortho intramolecular Hbond substituents is 2. The van der Waals surface area contributed by atoms with Crippen LogP contribution in [0.5, 0.6) is 23.0 Å². The first kappa shape index (κ1) is 38.3. The zero-order valence-electron chi connectivity index (χ0n) is 24.7. The van der Waals surface area contributed by atoms with Crippen LogP contribution in [0, 0.1) is 10.1 Å². The van der Waals surface area contributed by atoms with Crippen molar-refractivity contribution in [3.8, 4) is 23.0 Å². The summed E-state index contributed by atoms with van der Waals surface area (Å²) in [7, 11) is -10.7. The minimum Gasteiger partial charge on any atom is -0.505 e. The van der Waals surface area contributed by atoms with Gasteiger partial charge in [-0.2, -0.15) is 21.9 Å². The number of aromatic carboxylic acids is 1. The third-order valence-electron chi connectivity index (χ3n) is 6.13. The van der Waals surface area contributed by atoms with Crippen molar-refractivity contribution in [2.45, 2.75) is 9.79 Å². The van der Waals surface area contributed by atoms with E-state index in [0.29, 0.717) is 0 Å². The van der Waals surface area contributed by atoms with Gasteiger partial charge in [0.05, 0.1) is 30.2 Å². The highest BCUT2D eigenvalue weighted by Crippen LogP contribution is 2.48. The first-order valence-electron chi connectivity index (χ1n) is 12.6.